The molecule has 0 saturated carbocycles. The molecule has 218 valence electrons. The molecule has 1 saturated heterocycles. The Morgan fingerprint density at radius 3 is 2.65 bits per heavy atom. The molecular formula is C24H31F2N6O7P. The molecule has 13 nitrogen and oxygen atoms in total. The number of nitrogens with one attached hydrogen (secondary N) is 2. The minimum absolute atomic E-state index is 0.0584. The molecule has 1 aromatic carbocycles. The summed E-state index contributed by atoms with van der Waals surface area (Å²) in [7, 11) is -2.91. The van der Waals surface area contributed by atoms with Gasteiger partial charge in [0.2, 0.25) is 0 Å². The number of aliphatic hydroxyl groups excluding tert-OH is 1. The lowest BCUT2D eigenvalue weighted by Gasteiger charge is -2.28. The van der Waals surface area contributed by atoms with Crippen LogP contribution in [0.4, 0.5) is 14.6 Å². The summed E-state index contributed by atoms with van der Waals surface area (Å²) in [5.74, 6) is -3.21. The summed E-state index contributed by atoms with van der Waals surface area (Å²) in [5, 5.41) is 16.0. The van der Waals surface area contributed by atoms with Crippen LogP contribution in [0, 0.1) is 6.92 Å². The van der Waals surface area contributed by atoms with Crippen LogP contribution in [0.25, 0.3) is 11.2 Å². The molecule has 0 bridgehead atoms. The Morgan fingerprint density at radius 1 is 1.30 bits per heavy atom. The van der Waals surface area contributed by atoms with E-state index in [9.17, 15) is 14.5 Å². The number of nitrogens with zero attached hydrogens (tertiary/aromatic N) is 4. The summed E-state index contributed by atoms with van der Waals surface area (Å²) in [4.78, 5) is 24.8. The number of hydrogen-bond acceptors (Lipinski definition) is 11. The average Bonchev–Trinajstić information content (AvgIpc) is 3.40. The number of carbonyl (C=O) groups is 1. The topological polar surface area (TPSA) is 159 Å². The summed E-state index contributed by atoms with van der Waals surface area (Å²) < 4.78 is 68.0. The van der Waals surface area contributed by atoms with Crippen LogP contribution in [0.2, 0.25) is 0 Å². The number of aromatic nitrogens is 4. The highest BCUT2D eigenvalue weighted by atomic mass is 31.2. The second kappa shape index (κ2) is 11.3. The van der Waals surface area contributed by atoms with Gasteiger partial charge in [-0.25, -0.2) is 28.3 Å². The van der Waals surface area contributed by atoms with E-state index in [1.807, 2.05) is 0 Å². The summed E-state index contributed by atoms with van der Waals surface area (Å²) >= 11 is 0. The van der Waals surface area contributed by atoms with E-state index in [1.165, 1.54) is 25.4 Å². The van der Waals surface area contributed by atoms with Crippen molar-refractivity contribution in [3.05, 3.63) is 42.5 Å². The second-order valence-electron chi connectivity index (χ2n) is 9.28. The van der Waals surface area contributed by atoms with Crippen molar-refractivity contribution >= 4 is 30.7 Å². The summed E-state index contributed by atoms with van der Waals surface area (Å²) in [6, 6.07) is 6.59. The molecule has 1 aliphatic heterocycles. The van der Waals surface area contributed by atoms with Gasteiger partial charge in [-0.2, -0.15) is 5.09 Å². The van der Waals surface area contributed by atoms with Crippen molar-refractivity contribution in [2.75, 3.05) is 25.6 Å². The standard InChI is InChI=1S/C24H31F2N6O7P/c1-6-36-20(33)14(2)31-40(35,39-16-10-8-7-9-11-16)37-12-24(26)21(34)23(4,25)22(38-24)32-13-28-17-18(27-5)29-15(3)30-19(17)32/h7-11,13-14,21-22,34H,6,12H2,1-5H3,(H,31,35)(H,27,29,30)/t14-,21-,22+,23+,24+,40?/m0/s1. The van der Waals surface area contributed by atoms with Crippen molar-refractivity contribution in [3.63, 3.8) is 0 Å². The fourth-order valence-electron chi connectivity index (χ4n) is 4.17. The third-order valence-electron chi connectivity index (χ3n) is 6.15. The second-order valence-corrected chi connectivity index (χ2v) is 11.0. The van der Waals surface area contributed by atoms with Gasteiger partial charge in [0, 0.05) is 7.05 Å². The molecule has 2 aromatic heterocycles. The minimum Gasteiger partial charge on any atom is -0.465 e. The van der Waals surface area contributed by atoms with Crippen LogP contribution < -0.4 is 14.9 Å². The van der Waals surface area contributed by atoms with Gasteiger partial charge in [0.15, 0.2) is 35.0 Å². The zero-order valence-electron chi connectivity index (χ0n) is 22.5. The van der Waals surface area contributed by atoms with Crippen molar-refractivity contribution in [3.8, 4) is 5.75 Å². The van der Waals surface area contributed by atoms with Gasteiger partial charge in [0.25, 0.3) is 5.85 Å². The van der Waals surface area contributed by atoms with Gasteiger partial charge in [-0.05, 0) is 39.8 Å². The number of hydrogen-bond donors (Lipinski definition) is 3. The van der Waals surface area contributed by atoms with E-state index < -0.39 is 50.2 Å². The fraction of sp³-hybridized carbons (Fsp3) is 0.500. The largest absolute Gasteiger partial charge is 0.465 e. The average molecular weight is 585 g/mol. The first-order chi connectivity index (χ1) is 18.8. The number of aliphatic hydroxyl groups is 1. The molecular weight excluding hydrogens is 553 g/mol. The van der Waals surface area contributed by atoms with Crippen LogP contribution in [0.5, 0.6) is 5.75 Å². The number of rotatable bonds is 11. The van der Waals surface area contributed by atoms with Crippen molar-refractivity contribution in [2.45, 2.75) is 57.6 Å². The predicted octanol–water partition coefficient (Wildman–Crippen LogP) is 3.21. The maximum Gasteiger partial charge on any atom is 0.459 e. The van der Waals surface area contributed by atoms with E-state index in [-0.39, 0.29) is 23.5 Å². The number of aryl methyl sites for hydroxylation is 1. The van der Waals surface area contributed by atoms with Crippen molar-refractivity contribution < 1.29 is 41.8 Å². The number of fused-ring (bicyclic) bond motifs is 1. The lowest BCUT2D eigenvalue weighted by molar-refractivity contribution is -0.202. The lowest BCUT2D eigenvalue weighted by Crippen LogP contribution is -2.47. The number of carbonyl (C=O) groups excluding carboxylic acids is 1. The number of anilines is 1. The lowest BCUT2D eigenvalue weighted by atomic mass is 9.97. The van der Waals surface area contributed by atoms with Crippen molar-refractivity contribution in [1.29, 1.82) is 0 Å². The van der Waals surface area contributed by atoms with Crippen LogP contribution in [0.1, 0.15) is 32.8 Å². The smallest absolute Gasteiger partial charge is 0.459 e. The predicted molar refractivity (Wildman–Crippen MR) is 139 cm³/mol. The quantitative estimate of drug-likeness (QED) is 0.224. The van der Waals surface area contributed by atoms with Gasteiger partial charge in [-0.3, -0.25) is 13.9 Å². The Hall–Kier alpha value is -3.23. The monoisotopic (exact) mass is 584 g/mol. The maximum atomic E-state index is 16.1. The van der Waals surface area contributed by atoms with Gasteiger partial charge in [0.05, 0.1) is 12.9 Å². The number of alkyl halides is 2. The molecule has 0 amide bonds. The third kappa shape index (κ3) is 5.79. The van der Waals surface area contributed by atoms with Gasteiger partial charge in [0.1, 0.15) is 24.2 Å². The van der Waals surface area contributed by atoms with Crippen LogP contribution in [-0.4, -0.2) is 74.5 Å². The van der Waals surface area contributed by atoms with Crippen LogP contribution in [0.15, 0.2) is 36.7 Å². The molecule has 16 heteroatoms. The molecule has 0 spiro atoms. The number of esters is 1. The molecule has 0 radical (unpaired) electrons. The molecule has 3 N–H and O–H groups in total. The van der Waals surface area contributed by atoms with Crippen molar-refractivity contribution in [2.24, 2.45) is 0 Å². The van der Waals surface area contributed by atoms with Gasteiger partial charge in [-0.1, -0.05) is 18.2 Å². The molecule has 40 heavy (non-hydrogen) atoms. The molecule has 0 aliphatic carbocycles. The Morgan fingerprint density at radius 2 is 2.00 bits per heavy atom. The molecule has 1 aliphatic rings. The van der Waals surface area contributed by atoms with E-state index >= 15 is 8.78 Å². The summed E-state index contributed by atoms with van der Waals surface area (Å²) in [5.41, 5.74) is -2.32. The first kappa shape index (κ1) is 29.7. The van der Waals surface area contributed by atoms with Gasteiger partial charge < -0.3 is 24.4 Å². The molecule has 3 aromatic rings. The molecule has 4 rings (SSSR count). The van der Waals surface area contributed by atoms with E-state index in [0.717, 1.165) is 11.5 Å². The van der Waals surface area contributed by atoms with Gasteiger partial charge >= 0.3 is 13.7 Å². The van der Waals surface area contributed by atoms with Crippen molar-refractivity contribution in [1.82, 2.24) is 24.6 Å². The van der Waals surface area contributed by atoms with Crippen LogP contribution in [0.3, 0.4) is 0 Å². The molecule has 6 atom stereocenters. The Kier molecular flexibility index (Phi) is 8.43. The number of imidazole rings is 1. The normalized spacial score (nSPS) is 26.8. The maximum absolute atomic E-state index is 16.1. The van der Waals surface area contributed by atoms with E-state index in [2.05, 4.69) is 25.4 Å². The molecule has 1 unspecified atom stereocenters. The highest BCUT2D eigenvalue weighted by molar-refractivity contribution is 7.52. The van der Waals surface area contributed by atoms with Crippen LogP contribution in [-0.2, 0) is 23.4 Å². The fourth-order valence-corrected chi connectivity index (χ4v) is 5.68. The Bertz CT molecular complexity index is 1410. The highest BCUT2D eigenvalue weighted by Crippen LogP contribution is 2.52. The zero-order valence-corrected chi connectivity index (χ0v) is 23.4. The first-order valence-electron chi connectivity index (χ1n) is 12.4. The van der Waals surface area contributed by atoms with Gasteiger partial charge in [-0.15, -0.1) is 0 Å². The molecule has 3 heterocycles. The molecule has 1 fully saturated rings. The zero-order chi connectivity index (χ0) is 29.3. The third-order valence-corrected chi connectivity index (χ3v) is 7.77. The minimum atomic E-state index is -4.53. The number of halogens is 2. The number of benzene rings is 1. The van der Waals surface area contributed by atoms with E-state index in [4.69, 9.17) is 18.5 Å². The van der Waals surface area contributed by atoms with E-state index in [1.54, 1.807) is 39.1 Å². The Balaban J connectivity index is 1.61. The summed E-state index contributed by atoms with van der Waals surface area (Å²) in [6.07, 6.45) is -2.96. The van der Waals surface area contributed by atoms with E-state index in [0.29, 0.717) is 11.6 Å². The Labute approximate surface area is 228 Å². The SMILES string of the molecule is CCOC(=O)[C@H](C)NP(=O)(OC[C@@]1(F)O[C@@H](n2cnc3c(NC)nc(C)nc32)[C@](C)(F)[C@@H]1O)Oc1ccccc1. The first-order valence-corrected chi connectivity index (χ1v) is 13.9. The summed E-state index contributed by atoms with van der Waals surface area (Å²) in [6.45, 7) is 4.31. The van der Waals surface area contributed by atoms with Crippen LogP contribution >= 0.6 is 7.75 Å². The number of ether oxygens (including phenoxy) is 2. The highest BCUT2D eigenvalue weighted by Gasteiger charge is 2.65. The number of para-hydroxylation sites is 1.